The SMILES string of the molecule is C=CCN(CCCCC)C(=O)C1N(CCO)C(=O)[C@@H]2[C@H](C(=O)N(CC=C)c3ccc(OCC)cc3)[C@@]3(C)OC12CC3C. The maximum absolute atomic E-state index is 14.6. The molecule has 3 unspecified atom stereocenters. The van der Waals surface area contributed by atoms with Crippen molar-refractivity contribution in [3.63, 3.8) is 0 Å². The molecule has 3 heterocycles. The Balaban J connectivity index is 1.75. The highest BCUT2D eigenvalue weighted by Crippen LogP contribution is 2.65. The van der Waals surface area contributed by atoms with Crippen LogP contribution in [0.5, 0.6) is 5.75 Å². The van der Waals surface area contributed by atoms with E-state index < -0.39 is 29.1 Å². The summed E-state index contributed by atoms with van der Waals surface area (Å²) in [7, 11) is 0. The molecule has 9 nitrogen and oxygen atoms in total. The van der Waals surface area contributed by atoms with Gasteiger partial charge in [0.25, 0.3) is 0 Å². The number of hydrogen-bond acceptors (Lipinski definition) is 6. The van der Waals surface area contributed by atoms with Gasteiger partial charge in [0.1, 0.15) is 17.4 Å². The second kappa shape index (κ2) is 13.0. The van der Waals surface area contributed by atoms with E-state index in [1.165, 1.54) is 4.90 Å². The van der Waals surface area contributed by atoms with Crippen molar-refractivity contribution in [2.24, 2.45) is 17.8 Å². The van der Waals surface area contributed by atoms with E-state index in [1.54, 1.807) is 22.0 Å². The highest BCUT2D eigenvalue weighted by molar-refractivity contribution is 6.03. The first kappa shape index (κ1) is 31.8. The second-order valence-corrected chi connectivity index (χ2v) is 11.9. The van der Waals surface area contributed by atoms with E-state index in [0.717, 1.165) is 19.3 Å². The van der Waals surface area contributed by atoms with Crippen LogP contribution in [0.25, 0.3) is 0 Å². The number of aliphatic hydroxyl groups is 1. The second-order valence-electron chi connectivity index (χ2n) is 11.9. The predicted molar refractivity (Wildman–Crippen MR) is 162 cm³/mol. The van der Waals surface area contributed by atoms with Gasteiger partial charge in [-0.1, -0.05) is 38.8 Å². The summed E-state index contributed by atoms with van der Waals surface area (Å²) in [6.45, 7) is 17.0. The van der Waals surface area contributed by atoms with E-state index >= 15 is 0 Å². The Kier molecular flexibility index (Phi) is 9.83. The number of likely N-dealkylation sites (tertiary alicyclic amines) is 1. The van der Waals surface area contributed by atoms with Crippen molar-refractivity contribution in [2.45, 2.75) is 70.6 Å². The Bertz CT molecular complexity index is 1170. The largest absolute Gasteiger partial charge is 0.494 e. The molecule has 42 heavy (non-hydrogen) atoms. The van der Waals surface area contributed by atoms with Crippen molar-refractivity contribution in [3.8, 4) is 5.75 Å². The third-order valence-electron chi connectivity index (χ3n) is 9.39. The Hall–Kier alpha value is -3.17. The van der Waals surface area contributed by atoms with Crippen molar-refractivity contribution in [1.82, 2.24) is 9.80 Å². The fourth-order valence-electron chi connectivity index (χ4n) is 7.42. The Morgan fingerprint density at radius 3 is 2.43 bits per heavy atom. The van der Waals surface area contributed by atoms with Crippen molar-refractivity contribution in [1.29, 1.82) is 0 Å². The smallest absolute Gasteiger partial charge is 0.248 e. The number of nitrogens with zero attached hydrogens (tertiary/aromatic N) is 3. The van der Waals surface area contributed by atoms with Crippen molar-refractivity contribution in [2.75, 3.05) is 44.3 Å². The van der Waals surface area contributed by atoms with E-state index in [0.29, 0.717) is 37.6 Å². The monoisotopic (exact) mass is 581 g/mol. The lowest BCUT2D eigenvalue weighted by Crippen LogP contribution is -2.57. The molecule has 3 aliphatic rings. The molecule has 0 aliphatic carbocycles. The molecule has 3 aliphatic heterocycles. The standard InChI is InChI=1S/C33H47N3O6/c1-7-11-12-19-34(17-8-2)31(40)28-33-22-23(5)32(6,42-33)26(27(33)30(39)36(28)20-21-37)29(38)35(18-9-3)24-13-15-25(16-14-24)41-10-4/h8-9,13-16,23,26-28,37H,2-3,7,10-12,17-22H2,1,4-6H3/t23?,26-,27+,28?,32+,33?/m1/s1. The zero-order valence-electron chi connectivity index (χ0n) is 25.6. The van der Waals surface area contributed by atoms with Crippen LogP contribution >= 0.6 is 0 Å². The van der Waals surface area contributed by atoms with Gasteiger partial charge in [0, 0.05) is 31.9 Å². The van der Waals surface area contributed by atoms with Crippen LogP contribution in [0.1, 0.15) is 53.4 Å². The maximum atomic E-state index is 14.6. The molecule has 9 heteroatoms. The molecule has 6 atom stereocenters. The first-order chi connectivity index (χ1) is 20.1. The molecule has 3 saturated heterocycles. The third-order valence-corrected chi connectivity index (χ3v) is 9.39. The summed E-state index contributed by atoms with van der Waals surface area (Å²) in [4.78, 5) is 48.0. The summed E-state index contributed by atoms with van der Waals surface area (Å²) in [6, 6.07) is 6.36. The lowest BCUT2D eigenvalue weighted by molar-refractivity contribution is -0.152. The number of rotatable bonds is 15. The van der Waals surface area contributed by atoms with Gasteiger partial charge in [-0.15, -0.1) is 13.2 Å². The third kappa shape index (κ3) is 5.26. The summed E-state index contributed by atoms with van der Waals surface area (Å²) in [5.74, 6) is -1.81. The van der Waals surface area contributed by atoms with Gasteiger partial charge < -0.3 is 29.3 Å². The average Bonchev–Trinajstić information content (AvgIpc) is 3.48. The highest BCUT2D eigenvalue weighted by Gasteiger charge is 2.80. The Labute approximate surface area is 250 Å². The number of aliphatic hydroxyl groups excluding tert-OH is 1. The van der Waals surface area contributed by atoms with Gasteiger partial charge in [0.2, 0.25) is 17.7 Å². The molecule has 0 saturated carbocycles. The first-order valence-electron chi connectivity index (χ1n) is 15.3. The molecular formula is C33H47N3O6. The van der Waals surface area contributed by atoms with Crippen molar-refractivity contribution in [3.05, 3.63) is 49.6 Å². The van der Waals surface area contributed by atoms with Crippen LogP contribution in [0, 0.1) is 17.8 Å². The number of unbranched alkanes of at least 4 members (excludes halogenated alkanes) is 2. The normalized spacial score (nSPS) is 29.4. The zero-order chi connectivity index (χ0) is 30.7. The minimum Gasteiger partial charge on any atom is -0.494 e. The van der Waals surface area contributed by atoms with Crippen LogP contribution in [0.2, 0.25) is 0 Å². The van der Waals surface area contributed by atoms with Crippen LogP contribution in [0.15, 0.2) is 49.6 Å². The number of carbonyl (C=O) groups is 3. The number of benzene rings is 1. The van der Waals surface area contributed by atoms with E-state index in [2.05, 4.69) is 20.1 Å². The van der Waals surface area contributed by atoms with Crippen molar-refractivity contribution < 1.29 is 29.0 Å². The van der Waals surface area contributed by atoms with Gasteiger partial charge >= 0.3 is 0 Å². The summed E-state index contributed by atoms with van der Waals surface area (Å²) >= 11 is 0. The molecule has 1 aromatic rings. The number of fused-ring (bicyclic) bond motifs is 1. The molecule has 230 valence electrons. The van der Waals surface area contributed by atoms with Crippen molar-refractivity contribution >= 4 is 23.4 Å². The molecule has 1 N–H and O–H groups in total. The van der Waals surface area contributed by atoms with Crippen LogP contribution in [0.3, 0.4) is 0 Å². The lowest BCUT2D eigenvalue weighted by Gasteiger charge is -2.39. The molecule has 1 spiro atoms. The molecular weight excluding hydrogens is 534 g/mol. The van der Waals surface area contributed by atoms with E-state index in [4.69, 9.17) is 9.47 Å². The van der Waals surface area contributed by atoms with Gasteiger partial charge in [-0.3, -0.25) is 14.4 Å². The molecule has 3 amide bonds. The van der Waals surface area contributed by atoms with Crippen LogP contribution in [-0.4, -0.2) is 89.3 Å². The fraction of sp³-hybridized carbons (Fsp3) is 0.606. The number of amides is 3. The molecule has 4 rings (SSSR count). The van der Waals surface area contributed by atoms with Gasteiger partial charge in [-0.2, -0.15) is 0 Å². The summed E-state index contributed by atoms with van der Waals surface area (Å²) in [6.07, 6.45) is 6.66. The number of anilines is 1. The van der Waals surface area contributed by atoms with E-state index in [1.807, 2.05) is 45.0 Å². The Morgan fingerprint density at radius 2 is 1.83 bits per heavy atom. The van der Waals surface area contributed by atoms with Gasteiger partial charge in [-0.25, -0.2) is 0 Å². The molecule has 2 bridgehead atoms. The fourth-order valence-corrected chi connectivity index (χ4v) is 7.42. The number of hydrogen-bond donors (Lipinski definition) is 1. The number of carbonyl (C=O) groups excluding carboxylic acids is 3. The summed E-state index contributed by atoms with van der Waals surface area (Å²) in [5.41, 5.74) is -1.45. The first-order valence-corrected chi connectivity index (χ1v) is 15.3. The van der Waals surface area contributed by atoms with Crippen LogP contribution in [-0.2, 0) is 19.1 Å². The quantitative estimate of drug-likeness (QED) is 0.250. The molecule has 0 radical (unpaired) electrons. The van der Waals surface area contributed by atoms with Gasteiger partial charge in [0.15, 0.2) is 0 Å². The highest BCUT2D eigenvalue weighted by atomic mass is 16.5. The Morgan fingerprint density at radius 1 is 1.14 bits per heavy atom. The molecule has 3 fully saturated rings. The van der Waals surface area contributed by atoms with Crippen LogP contribution < -0.4 is 9.64 Å². The minimum absolute atomic E-state index is 0.00495. The topological polar surface area (TPSA) is 99.6 Å². The minimum atomic E-state index is -1.17. The molecule has 0 aromatic heterocycles. The van der Waals surface area contributed by atoms with Gasteiger partial charge in [-0.05, 0) is 56.9 Å². The molecule has 1 aromatic carbocycles. The lowest BCUT2D eigenvalue weighted by atomic mass is 9.62. The summed E-state index contributed by atoms with van der Waals surface area (Å²) < 4.78 is 12.4. The number of ether oxygens (including phenoxy) is 2. The predicted octanol–water partition coefficient (Wildman–Crippen LogP) is 3.81. The van der Waals surface area contributed by atoms with E-state index in [-0.39, 0.29) is 43.3 Å². The average molecular weight is 582 g/mol. The van der Waals surface area contributed by atoms with Gasteiger partial charge in [0.05, 0.1) is 30.7 Å². The van der Waals surface area contributed by atoms with E-state index in [9.17, 15) is 19.5 Å². The maximum Gasteiger partial charge on any atom is 0.248 e. The number of β-amino-alcohol motifs (C(OH)–C–C–N with tert-alkyl or cyclic N) is 1. The zero-order valence-corrected chi connectivity index (χ0v) is 25.6. The van der Waals surface area contributed by atoms with Crippen LogP contribution in [0.4, 0.5) is 5.69 Å². The summed E-state index contributed by atoms with van der Waals surface area (Å²) in [5, 5.41) is 9.96.